The molecule has 3 aromatic rings. The first-order valence-electron chi connectivity index (χ1n) is 10.9. The van der Waals surface area contributed by atoms with Crippen LogP contribution in [0.1, 0.15) is 39.3 Å². The minimum atomic E-state index is -1.12. The summed E-state index contributed by atoms with van der Waals surface area (Å²) < 4.78 is 15.3. The second kappa shape index (κ2) is 8.76. The van der Waals surface area contributed by atoms with E-state index < -0.39 is 41.4 Å². The van der Waals surface area contributed by atoms with Gasteiger partial charge < -0.3 is 5.32 Å². The molecule has 4 heterocycles. The first kappa shape index (κ1) is 23.0. The Labute approximate surface area is 202 Å². The van der Waals surface area contributed by atoms with Gasteiger partial charge in [-0.1, -0.05) is 11.3 Å². The van der Waals surface area contributed by atoms with E-state index in [-0.39, 0.29) is 47.6 Å². The minimum absolute atomic E-state index is 0.000173. The van der Waals surface area contributed by atoms with E-state index in [1.165, 1.54) is 41.2 Å². The van der Waals surface area contributed by atoms with Gasteiger partial charge in [-0.3, -0.25) is 34.2 Å². The standard InChI is InChI=1S/C23H18FN7O5/c1-11-5-6-13(24)20(25-11)15-9-30(29-28-15)10-18(33)26-14-4-2-3-12-19(14)23(36)31(22(12)35)16-7-8-17(32)27-21(16)34/h2-6,9,16H,7-8,10H2,1H3,(H,26,33)(H,27,32,34). The van der Waals surface area contributed by atoms with Crippen LogP contribution in [0.5, 0.6) is 0 Å². The molecule has 2 aromatic heterocycles. The number of pyridine rings is 1. The van der Waals surface area contributed by atoms with Gasteiger partial charge >= 0.3 is 0 Å². The fourth-order valence-corrected chi connectivity index (χ4v) is 4.16. The highest BCUT2D eigenvalue weighted by molar-refractivity contribution is 6.26. The lowest BCUT2D eigenvalue weighted by Crippen LogP contribution is -2.54. The van der Waals surface area contributed by atoms with Gasteiger partial charge in [-0.2, -0.15) is 0 Å². The molecule has 0 spiro atoms. The number of imide groups is 2. The molecule has 2 aliphatic heterocycles. The molecule has 1 fully saturated rings. The van der Waals surface area contributed by atoms with Gasteiger partial charge in [0.25, 0.3) is 11.8 Å². The van der Waals surface area contributed by atoms with E-state index in [1.807, 2.05) is 0 Å². The molecule has 1 saturated heterocycles. The highest BCUT2D eigenvalue weighted by Crippen LogP contribution is 2.32. The fourth-order valence-electron chi connectivity index (χ4n) is 4.16. The number of aromatic nitrogens is 4. The molecule has 0 saturated carbocycles. The minimum Gasteiger partial charge on any atom is -0.324 e. The molecule has 1 unspecified atom stereocenters. The first-order chi connectivity index (χ1) is 17.2. The highest BCUT2D eigenvalue weighted by Gasteiger charge is 2.45. The van der Waals surface area contributed by atoms with E-state index in [2.05, 4.69) is 25.9 Å². The monoisotopic (exact) mass is 491 g/mol. The van der Waals surface area contributed by atoms with Crippen molar-refractivity contribution in [2.24, 2.45) is 0 Å². The Balaban J connectivity index is 1.34. The quantitative estimate of drug-likeness (QED) is 0.497. The van der Waals surface area contributed by atoms with Crippen LogP contribution in [0.4, 0.5) is 10.1 Å². The lowest BCUT2D eigenvalue weighted by Gasteiger charge is -2.27. The molecular weight excluding hydrogens is 473 g/mol. The third-order valence-corrected chi connectivity index (χ3v) is 5.81. The zero-order valence-corrected chi connectivity index (χ0v) is 18.8. The van der Waals surface area contributed by atoms with E-state index in [1.54, 1.807) is 6.92 Å². The molecule has 5 amide bonds. The Morgan fingerprint density at radius 1 is 1.17 bits per heavy atom. The fraction of sp³-hybridized carbons (Fsp3) is 0.217. The van der Waals surface area contributed by atoms with Gasteiger partial charge in [0.1, 0.15) is 24.0 Å². The Hall–Kier alpha value is -4.81. The Morgan fingerprint density at radius 2 is 1.97 bits per heavy atom. The summed E-state index contributed by atoms with van der Waals surface area (Å²) in [6.07, 6.45) is 1.37. The number of piperidine rings is 1. The van der Waals surface area contributed by atoms with Crippen LogP contribution in [0, 0.1) is 12.7 Å². The average molecular weight is 491 g/mol. The topological polar surface area (TPSA) is 156 Å². The van der Waals surface area contributed by atoms with Gasteiger partial charge in [-0.15, -0.1) is 5.10 Å². The molecule has 0 aliphatic carbocycles. The molecule has 0 radical (unpaired) electrons. The second-order valence-corrected chi connectivity index (χ2v) is 8.31. The number of amides is 5. The van der Waals surface area contributed by atoms with Crippen molar-refractivity contribution in [3.63, 3.8) is 0 Å². The lowest BCUT2D eigenvalue weighted by molar-refractivity contribution is -0.136. The summed E-state index contributed by atoms with van der Waals surface area (Å²) in [6.45, 7) is 1.38. The summed E-state index contributed by atoms with van der Waals surface area (Å²) in [6, 6.07) is 6.02. The van der Waals surface area contributed by atoms with Crippen LogP contribution in [0.3, 0.4) is 0 Å². The number of halogens is 1. The van der Waals surface area contributed by atoms with Crippen molar-refractivity contribution < 1.29 is 28.4 Å². The Morgan fingerprint density at radius 3 is 2.75 bits per heavy atom. The van der Waals surface area contributed by atoms with Crippen LogP contribution >= 0.6 is 0 Å². The normalized spacial score (nSPS) is 17.3. The van der Waals surface area contributed by atoms with Crippen LogP contribution < -0.4 is 10.6 Å². The zero-order chi connectivity index (χ0) is 25.6. The molecule has 2 N–H and O–H groups in total. The van der Waals surface area contributed by atoms with Gasteiger partial charge in [0.15, 0.2) is 5.82 Å². The zero-order valence-electron chi connectivity index (χ0n) is 18.8. The summed E-state index contributed by atoms with van der Waals surface area (Å²) in [7, 11) is 0. The summed E-state index contributed by atoms with van der Waals surface area (Å²) in [5.74, 6) is -3.80. The molecule has 36 heavy (non-hydrogen) atoms. The van der Waals surface area contributed by atoms with E-state index in [9.17, 15) is 28.4 Å². The van der Waals surface area contributed by atoms with Gasteiger partial charge in [0.05, 0.1) is 23.0 Å². The first-order valence-corrected chi connectivity index (χ1v) is 10.9. The predicted octanol–water partition coefficient (Wildman–Crippen LogP) is 0.828. The number of hydrogen-bond acceptors (Lipinski definition) is 8. The highest BCUT2D eigenvalue weighted by atomic mass is 19.1. The number of benzene rings is 1. The number of hydrogen-bond donors (Lipinski definition) is 2. The molecule has 5 rings (SSSR count). The third-order valence-electron chi connectivity index (χ3n) is 5.81. The number of nitrogens with one attached hydrogen (secondary N) is 2. The number of anilines is 1. The largest absolute Gasteiger partial charge is 0.324 e. The van der Waals surface area contributed by atoms with Crippen LogP contribution in [0.15, 0.2) is 36.5 Å². The third kappa shape index (κ3) is 4.00. The van der Waals surface area contributed by atoms with Crippen molar-refractivity contribution in [1.82, 2.24) is 30.2 Å². The van der Waals surface area contributed by atoms with E-state index in [4.69, 9.17) is 0 Å². The lowest BCUT2D eigenvalue weighted by atomic mass is 10.0. The summed E-state index contributed by atoms with van der Waals surface area (Å²) in [4.78, 5) is 67.4. The maximum Gasteiger partial charge on any atom is 0.264 e. The number of carbonyl (C=O) groups is 5. The van der Waals surface area contributed by atoms with Crippen molar-refractivity contribution in [1.29, 1.82) is 0 Å². The molecule has 1 aromatic carbocycles. The molecule has 12 nitrogen and oxygen atoms in total. The summed E-state index contributed by atoms with van der Waals surface area (Å²) >= 11 is 0. The number of fused-ring (bicyclic) bond motifs is 1. The van der Waals surface area contributed by atoms with E-state index in [0.29, 0.717) is 5.69 Å². The van der Waals surface area contributed by atoms with Gasteiger partial charge in [0.2, 0.25) is 17.7 Å². The van der Waals surface area contributed by atoms with Crippen LogP contribution in [-0.2, 0) is 20.9 Å². The number of nitrogens with zero attached hydrogens (tertiary/aromatic N) is 5. The maximum atomic E-state index is 14.1. The molecule has 13 heteroatoms. The smallest absolute Gasteiger partial charge is 0.264 e. The van der Waals surface area contributed by atoms with E-state index in [0.717, 1.165) is 4.90 Å². The second-order valence-electron chi connectivity index (χ2n) is 8.31. The average Bonchev–Trinajstić information content (AvgIpc) is 3.39. The van der Waals surface area contributed by atoms with Crippen molar-refractivity contribution in [3.05, 3.63) is 59.2 Å². The van der Waals surface area contributed by atoms with Gasteiger partial charge in [-0.05, 0) is 37.6 Å². The molecule has 0 bridgehead atoms. The van der Waals surface area contributed by atoms with E-state index >= 15 is 0 Å². The number of aryl methyl sites for hydroxylation is 1. The molecule has 1 atom stereocenters. The Kier molecular flexibility index (Phi) is 5.59. The van der Waals surface area contributed by atoms with Crippen LogP contribution in [-0.4, -0.2) is 60.5 Å². The van der Waals surface area contributed by atoms with Crippen molar-refractivity contribution in [3.8, 4) is 11.4 Å². The maximum absolute atomic E-state index is 14.1. The molecule has 182 valence electrons. The SMILES string of the molecule is Cc1ccc(F)c(-c2cn(CC(=O)Nc3cccc4c3C(=O)N(C3CCC(=O)NC3=O)C4=O)nn2)n1. The van der Waals surface area contributed by atoms with Crippen LogP contribution in [0.2, 0.25) is 0 Å². The van der Waals surface area contributed by atoms with Crippen molar-refractivity contribution in [2.75, 3.05) is 5.32 Å². The summed E-state index contributed by atoms with van der Waals surface area (Å²) in [5.41, 5.74) is 0.794. The Bertz CT molecular complexity index is 1470. The summed E-state index contributed by atoms with van der Waals surface area (Å²) in [5, 5.41) is 12.4. The number of rotatable bonds is 5. The van der Waals surface area contributed by atoms with Gasteiger partial charge in [-0.25, -0.2) is 14.1 Å². The van der Waals surface area contributed by atoms with Crippen LogP contribution in [0.25, 0.3) is 11.4 Å². The van der Waals surface area contributed by atoms with Crippen molar-refractivity contribution >= 4 is 35.2 Å². The van der Waals surface area contributed by atoms with Gasteiger partial charge in [0, 0.05) is 12.1 Å². The number of carbonyl (C=O) groups excluding carboxylic acids is 5. The van der Waals surface area contributed by atoms with Crippen molar-refractivity contribution in [2.45, 2.75) is 32.4 Å². The predicted molar refractivity (Wildman–Crippen MR) is 120 cm³/mol. The molecule has 2 aliphatic rings. The molecular formula is C23H18FN7O5.